The summed E-state index contributed by atoms with van der Waals surface area (Å²) in [6.07, 6.45) is 1.59. The minimum Gasteiger partial charge on any atom is -0.852 e. The number of hydrogen-bond donors (Lipinski definition) is 0. The molecule has 0 aliphatic heterocycles. The van der Waals surface area contributed by atoms with Crippen LogP contribution in [0.25, 0.3) is 0 Å². The van der Waals surface area contributed by atoms with Crippen molar-refractivity contribution in [3.05, 3.63) is 0 Å². The molecule has 0 rings (SSSR count). The van der Waals surface area contributed by atoms with Gasteiger partial charge in [0.1, 0.15) is 11.6 Å². The molecule has 0 spiro atoms. The monoisotopic (exact) mass is 358 g/mol. The van der Waals surface area contributed by atoms with Gasteiger partial charge >= 0.3 is 17.4 Å². The SMILES string of the molecule is CCC(C)[O-].CCCC(=O)CC(=O)[O-].CCCC(=O)CC(=O)[O-].[Al+3]. The quantitative estimate of drug-likeness (QED) is 0.371. The largest absolute Gasteiger partial charge is 3.00 e. The topological polar surface area (TPSA) is 137 Å². The average Bonchev–Trinajstić information content (AvgIpc) is 2.38. The van der Waals surface area contributed by atoms with E-state index >= 15 is 0 Å². The van der Waals surface area contributed by atoms with E-state index in [0.717, 1.165) is 6.42 Å². The molecule has 0 saturated heterocycles. The van der Waals surface area contributed by atoms with Crippen molar-refractivity contribution in [3.8, 4) is 0 Å². The Bertz CT molecular complexity index is 324. The van der Waals surface area contributed by atoms with Crippen molar-refractivity contribution in [1.29, 1.82) is 0 Å². The summed E-state index contributed by atoms with van der Waals surface area (Å²) in [4.78, 5) is 40.4. The minimum absolute atomic E-state index is 0. The van der Waals surface area contributed by atoms with E-state index in [1.54, 1.807) is 6.92 Å². The summed E-state index contributed by atoms with van der Waals surface area (Å²) >= 11 is 0. The molecule has 0 aliphatic rings. The van der Waals surface area contributed by atoms with E-state index in [9.17, 15) is 34.5 Å². The molecule has 0 N–H and O–H groups in total. The summed E-state index contributed by atoms with van der Waals surface area (Å²) in [5, 5.41) is 29.4. The fourth-order valence-electron chi connectivity index (χ4n) is 1.06. The van der Waals surface area contributed by atoms with E-state index in [2.05, 4.69) is 0 Å². The van der Waals surface area contributed by atoms with E-state index in [1.807, 2.05) is 20.8 Å². The van der Waals surface area contributed by atoms with Gasteiger partial charge in [0.05, 0.1) is 0 Å². The number of rotatable bonds is 9. The summed E-state index contributed by atoms with van der Waals surface area (Å²) in [6, 6.07) is 0. The van der Waals surface area contributed by atoms with Crippen LogP contribution in [0.5, 0.6) is 0 Å². The Labute approximate surface area is 154 Å². The number of carboxylic acids is 2. The zero-order valence-electron chi connectivity index (χ0n) is 15.0. The van der Waals surface area contributed by atoms with Gasteiger partial charge in [0, 0.05) is 37.6 Å². The number of aliphatic carboxylic acids is 2. The average molecular weight is 358 g/mol. The molecule has 1 atom stereocenters. The molecular weight excluding hydrogens is 331 g/mol. The molecule has 0 heterocycles. The molecule has 0 aromatic rings. The van der Waals surface area contributed by atoms with E-state index in [1.165, 1.54) is 0 Å². The minimum atomic E-state index is -1.28. The number of carboxylic acid groups (broad SMARTS) is 2. The van der Waals surface area contributed by atoms with Crippen LogP contribution >= 0.6 is 0 Å². The molecule has 0 fully saturated rings. The summed E-state index contributed by atoms with van der Waals surface area (Å²) in [6.45, 7) is 7.21. The van der Waals surface area contributed by atoms with Crippen LogP contribution in [0.3, 0.4) is 0 Å². The smallest absolute Gasteiger partial charge is 0.852 e. The van der Waals surface area contributed by atoms with Crippen molar-refractivity contribution >= 4 is 40.9 Å². The summed E-state index contributed by atoms with van der Waals surface area (Å²) in [5.41, 5.74) is 0. The number of carbonyl (C=O) groups excluding carboxylic acids is 4. The second-order valence-corrected chi connectivity index (χ2v) is 4.89. The van der Waals surface area contributed by atoms with Gasteiger partial charge in [-0.05, 0) is 12.8 Å². The fourth-order valence-corrected chi connectivity index (χ4v) is 1.06. The van der Waals surface area contributed by atoms with E-state index in [-0.39, 0.29) is 35.0 Å². The van der Waals surface area contributed by atoms with Crippen molar-refractivity contribution in [2.75, 3.05) is 0 Å². The van der Waals surface area contributed by atoms with Crippen LogP contribution < -0.4 is 15.3 Å². The molecule has 24 heavy (non-hydrogen) atoms. The molecule has 8 heteroatoms. The van der Waals surface area contributed by atoms with E-state index in [0.29, 0.717) is 25.7 Å². The third-order valence-corrected chi connectivity index (χ3v) is 2.32. The number of carbonyl (C=O) groups is 4. The molecule has 0 bridgehead atoms. The van der Waals surface area contributed by atoms with E-state index < -0.39 is 24.8 Å². The first-order valence-electron chi connectivity index (χ1n) is 7.69. The summed E-state index contributed by atoms with van der Waals surface area (Å²) in [7, 11) is 0. The normalized spacial score (nSPS) is 9.88. The van der Waals surface area contributed by atoms with Gasteiger partial charge in [0.15, 0.2) is 0 Å². The van der Waals surface area contributed by atoms with Crippen LogP contribution in [0.4, 0.5) is 0 Å². The maximum absolute atomic E-state index is 10.4. The van der Waals surface area contributed by atoms with Crippen LogP contribution in [0.2, 0.25) is 0 Å². The molecule has 1 unspecified atom stereocenters. The fraction of sp³-hybridized carbons (Fsp3) is 0.750. The Morgan fingerprint density at radius 2 is 1.04 bits per heavy atom. The zero-order chi connectivity index (χ0) is 18.8. The predicted molar refractivity (Wildman–Crippen MR) is 84.6 cm³/mol. The molecule has 0 aliphatic carbocycles. The maximum atomic E-state index is 10.4. The van der Waals surface area contributed by atoms with E-state index in [4.69, 9.17) is 0 Å². The van der Waals surface area contributed by atoms with Crippen molar-refractivity contribution in [2.24, 2.45) is 0 Å². The number of ketones is 2. The standard InChI is InChI=1S/2C6H10O3.C4H9O.Al/c2*1-2-3-5(7)4-6(8)9;1-3-4(2)5;/h2*2-4H2,1H3,(H,8,9);4H,3H2,1-2H3;/q;;-1;+3/p-2. The Kier molecular flexibility index (Phi) is 27.8. The second-order valence-electron chi connectivity index (χ2n) is 4.89. The molecule has 136 valence electrons. The van der Waals surface area contributed by atoms with Crippen molar-refractivity contribution in [1.82, 2.24) is 0 Å². The molecular formula is C16H27AlO7. The van der Waals surface area contributed by atoms with Crippen LogP contribution in [-0.2, 0) is 19.2 Å². The first-order valence-corrected chi connectivity index (χ1v) is 7.69. The zero-order valence-corrected chi connectivity index (χ0v) is 16.1. The Morgan fingerprint density at radius 1 is 0.792 bits per heavy atom. The van der Waals surface area contributed by atoms with Crippen molar-refractivity contribution < 1.29 is 34.5 Å². The first kappa shape index (κ1) is 30.6. The molecule has 0 radical (unpaired) electrons. The van der Waals surface area contributed by atoms with Gasteiger partial charge in [-0.2, -0.15) is 0 Å². The maximum Gasteiger partial charge on any atom is 3.00 e. The third-order valence-electron chi connectivity index (χ3n) is 2.32. The van der Waals surface area contributed by atoms with Crippen LogP contribution in [0.15, 0.2) is 0 Å². The summed E-state index contributed by atoms with van der Waals surface area (Å²) in [5.74, 6) is -3.07. The van der Waals surface area contributed by atoms with Crippen LogP contribution in [-0.4, -0.2) is 47.0 Å². The third kappa shape index (κ3) is 37.2. The van der Waals surface area contributed by atoms with Gasteiger partial charge in [-0.1, -0.05) is 34.1 Å². The second kappa shape index (κ2) is 21.8. The van der Waals surface area contributed by atoms with Gasteiger partial charge < -0.3 is 24.9 Å². The summed E-state index contributed by atoms with van der Waals surface area (Å²) < 4.78 is 0. The molecule has 0 aromatic heterocycles. The van der Waals surface area contributed by atoms with Crippen LogP contribution in [0.1, 0.15) is 72.6 Å². The number of Topliss-reactive ketones (excluding diaryl/α,β-unsaturated/α-hetero) is 2. The molecule has 0 aromatic carbocycles. The van der Waals surface area contributed by atoms with Gasteiger partial charge in [-0.3, -0.25) is 9.59 Å². The Balaban J connectivity index is -0.000000128. The number of hydrogen-bond acceptors (Lipinski definition) is 7. The first-order chi connectivity index (χ1) is 10.6. The predicted octanol–water partition coefficient (Wildman–Crippen LogP) is -1.24. The molecule has 7 nitrogen and oxygen atoms in total. The van der Waals surface area contributed by atoms with Crippen molar-refractivity contribution in [2.45, 2.75) is 78.7 Å². The van der Waals surface area contributed by atoms with Gasteiger partial charge in [0.2, 0.25) is 0 Å². The van der Waals surface area contributed by atoms with Crippen molar-refractivity contribution in [3.63, 3.8) is 0 Å². The Hall–Kier alpha value is -1.23. The Morgan fingerprint density at radius 3 is 1.17 bits per heavy atom. The molecule has 0 amide bonds. The van der Waals surface area contributed by atoms with Crippen LogP contribution in [0, 0.1) is 0 Å². The van der Waals surface area contributed by atoms with Gasteiger partial charge in [-0.15, -0.1) is 6.10 Å². The molecule has 0 saturated carbocycles. The van der Waals surface area contributed by atoms with Gasteiger partial charge in [-0.25, -0.2) is 0 Å². The van der Waals surface area contributed by atoms with Gasteiger partial charge in [0.25, 0.3) is 0 Å².